The molecule has 0 radical (unpaired) electrons. The van der Waals surface area contributed by atoms with E-state index in [0.717, 1.165) is 22.9 Å². The number of nitrogens with zero attached hydrogens (tertiary/aromatic N) is 3. The molecule has 0 fully saturated rings. The number of nitrogens with two attached hydrogens (primary N) is 1. The average Bonchev–Trinajstić information content (AvgIpc) is 2.59. The number of aryl methyl sites for hydroxylation is 1. The van der Waals surface area contributed by atoms with Crippen molar-refractivity contribution in [2.45, 2.75) is 26.7 Å². The van der Waals surface area contributed by atoms with Crippen molar-refractivity contribution in [3.05, 3.63) is 23.5 Å². The van der Waals surface area contributed by atoms with Gasteiger partial charge in [-0.3, -0.25) is 0 Å². The van der Waals surface area contributed by atoms with E-state index >= 15 is 0 Å². The lowest BCUT2D eigenvalue weighted by molar-refractivity contribution is 0.786. The molecular weight excluding hydrogens is 190 g/mol. The standard InChI is InChI=1S/C10H15N5/c1-6(2)8-5-9-12-7(3)4-10(13-11)15(9)14-8/h4-6,13H,11H2,1-3H3. The van der Waals surface area contributed by atoms with Crippen LogP contribution < -0.4 is 11.3 Å². The number of hydrogen-bond donors (Lipinski definition) is 2. The van der Waals surface area contributed by atoms with Crippen LogP contribution in [-0.4, -0.2) is 14.6 Å². The Hall–Kier alpha value is -1.62. The van der Waals surface area contributed by atoms with Gasteiger partial charge in [0.2, 0.25) is 0 Å². The molecule has 0 spiro atoms. The molecule has 15 heavy (non-hydrogen) atoms. The molecule has 5 heteroatoms. The van der Waals surface area contributed by atoms with Gasteiger partial charge >= 0.3 is 0 Å². The first kappa shape index (κ1) is 9.92. The Balaban J connectivity index is 2.68. The topological polar surface area (TPSA) is 68.2 Å². The number of nitrogens with one attached hydrogen (secondary N) is 1. The number of rotatable bonds is 2. The molecule has 80 valence electrons. The highest BCUT2D eigenvalue weighted by molar-refractivity contribution is 5.50. The molecule has 5 nitrogen and oxygen atoms in total. The van der Waals surface area contributed by atoms with E-state index in [-0.39, 0.29) is 0 Å². The van der Waals surface area contributed by atoms with Gasteiger partial charge in [0.15, 0.2) is 5.65 Å². The van der Waals surface area contributed by atoms with Crippen molar-refractivity contribution in [2.24, 2.45) is 5.84 Å². The molecule has 3 N–H and O–H groups in total. The minimum absolute atomic E-state index is 0.387. The SMILES string of the molecule is Cc1cc(NN)n2nc(C(C)C)cc2n1. The first-order valence-electron chi connectivity index (χ1n) is 4.95. The Morgan fingerprint density at radius 3 is 2.73 bits per heavy atom. The van der Waals surface area contributed by atoms with Gasteiger partial charge in [0, 0.05) is 17.8 Å². The minimum Gasteiger partial charge on any atom is -0.308 e. The number of fused-ring (bicyclic) bond motifs is 1. The average molecular weight is 205 g/mol. The highest BCUT2D eigenvalue weighted by Crippen LogP contribution is 2.17. The lowest BCUT2D eigenvalue weighted by Crippen LogP contribution is -2.12. The van der Waals surface area contributed by atoms with Gasteiger partial charge in [0.1, 0.15) is 5.82 Å². The Bertz CT molecular complexity index is 486. The molecule has 0 bridgehead atoms. The summed E-state index contributed by atoms with van der Waals surface area (Å²) in [6.45, 7) is 6.14. The third kappa shape index (κ3) is 1.66. The summed E-state index contributed by atoms with van der Waals surface area (Å²) in [5.41, 5.74) is 5.39. The molecule has 2 aromatic rings. The summed E-state index contributed by atoms with van der Waals surface area (Å²) in [6, 6.07) is 3.85. The molecule has 0 aliphatic rings. The van der Waals surface area contributed by atoms with Crippen LogP contribution in [-0.2, 0) is 0 Å². The normalized spacial score (nSPS) is 11.3. The van der Waals surface area contributed by atoms with Crippen LogP contribution in [0.25, 0.3) is 5.65 Å². The minimum atomic E-state index is 0.387. The van der Waals surface area contributed by atoms with Gasteiger partial charge in [0.25, 0.3) is 0 Å². The monoisotopic (exact) mass is 205 g/mol. The molecule has 0 amide bonds. The van der Waals surface area contributed by atoms with Crippen LogP contribution >= 0.6 is 0 Å². The molecule has 2 rings (SSSR count). The maximum Gasteiger partial charge on any atom is 0.157 e. The Morgan fingerprint density at radius 1 is 1.40 bits per heavy atom. The van der Waals surface area contributed by atoms with Gasteiger partial charge < -0.3 is 5.43 Å². The van der Waals surface area contributed by atoms with Crippen molar-refractivity contribution in [1.29, 1.82) is 0 Å². The summed E-state index contributed by atoms with van der Waals surface area (Å²) < 4.78 is 1.72. The molecule has 0 unspecified atom stereocenters. The van der Waals surface area contributed by atoms with Crippen LogP contribution in [0.5, 0.6) is 0 Å². The third-order valence-electron chi connectivity index (χ3n) is 2.31. The molecule has 0 aliphatic heterocycles. The fourth-order valence-electron chi connectivity index (χ4n) is 1.50. The summed E-state index contributed by atoms with van der Waals surface area (Å²) in [4.78, 5) is 4.39. The zero-order chi connectivity index (χ0) is 11.0. The second-order valence-corrected chi connectivity index (χ2v) is 3.92. The van der Waals surface area contributed by atoms with Crippen LogP contribution in [0.15, 0.2) is 12.1 Å². The highest BCUT2D eigenvalue weighted by Gasteiger charge is 2.09. The molecule has 0 aromatic carbocycles. The fourth-order valence-corrected chi connectivity index (χ4v) is 1.50. The second-order valence-electron chi connectivity index (χ2n) is 3.92. The van der Waals surface area contributed by atoms with E-state index in [0.29, 0.717) is 5.92 Å². The summed E-state index contributed by atoms with van der Waals surface area (Å²) >= 11 is 0. The zero-order valence-corrected chi connectivity index (χ0v) is 9.15. The number of hydrazine groups is 1. The second kappa shape index (κ2) is 3.51. The van der Waals surface area contributed by atoms with Crippen molar-refractivity contribution in [3.8, 4) is 0 Å². The quantitative estimate of drug-likeness (QED) is 0.575. The van der Waals surface area contributed by atoms with Crippen molar-refractivity contribution >= 4 is 11.5 Å². The first-order chi connectivity index (χ1) is 7.11. The highest BCUT2D eigenvalue weighted by atomic mass is 15.4. The number of hydrogen-bond acceptors (Lipinski definition) is 4. The van der Waals surface area contributed by atoms with Gasteiger partial charge in [-0.05, 0) is 12.8 Å². The summed E-state index contributed by atoms with van der Waals surface area (Å²) in [6.07, 6.45) is 0. The van der Waals surface area contributed by atoms with Crippen LogP contribution in [0.4, 0.5) is 5.82 Å². The van der Waals surface area contributed by atoms with E-state index in [1.165, 1.54) is 0 Å². The van der Waals surface area contributed by atoms with Crippen LogP contribution in [0.1, 0.15) is 31.2 Å². The maximum atomic E-state index is 5.43. The van der Waals surface area contributed by atoms with E-state index in [4.69, 9.17) is 5.84 Å². The van der Waals surface area contributed by atoms with E-state index in [1.54, 1.807) is 4.52 Å². The molecule has 0 saturated heterocycles. The molecular formula is C10H15N5. The lowest BCUT2D eigenvalue weighted by Gasteiger charge is -2.03. The lowest BCUT2D eigenvalue weighted by atomic mass is 10.1. The molecule has 0 atom stereocenters. The largest absolute Gasteiger partial charge is 0.308 e. The van der Waals surface area contributed by atoms with Gasteiger partial charge in [0.05, 0.1) is 5.69 Å². The number of nitrogen functional groups attached to an aromatic ring is 1. The van der Waals surface area contributed by atoms with Crippen molar-refractivity contribution in [1.82, 2.24) is 14.6 Å². The summed E-state index contributed by atoms with van der Waals surface area (Å²) in [5.74, 6) is 6.57. The Labute approximate surface area is 88.3 Å². The van der Waals surface area contributed by atoms with Crippen LogP contribution in [0.3, 0.4) is 0 Å². The van der Waals surface area contributed by atoms with Gasteiger partial charge in [-0.15, -0.1) is 0 Å². The predicted octanol–water partition coefficient (Wildman–Crippen LogP) is 1.45. The Morgan fingerprint density at radius 2 is 2.13 bits per heavy atom. The Kier molecular flexibility index (Phi) is 2.32. The molecule has 2 heterocycles. The van der Waals surface area contributed by atoms with Crippen LogP contribution in [0, 0.1) is 6.92 Å². The smallest absolute Gasteiger partial charge is 0.157 e. The van der Waals surface area contributed by atoms with Crippen molar-refractivity contribution < 1.29 is 0 Å². The van der Waals surface area contributed by atoms with Crippen LogP contribution in [0.2, 0.25) is 0 Å². The summed E-state index contributed by atoms with van der Waals surface area (Å²) in [5, 5.41) is 4.44. The van der Waals surface area contributed by atoms with Crippen molar-refractivity contribution in [2.75, 3.05) is 5.43 Å². The van der Waals surface area contributed by atoms with E-state index in [9.17, 15) is 0 Å². The zero-order valence-electron chi connectivity index (χ0n) is 9.15. The van der Waals surface area contributed by atoms with Gasteiger partial charge in [-0.1, -0.05) is 13.8 Å². The first-order valence-corrected chi connectivity index (χ1v) is 4.95. The number of aromatic nitrogens is 3. The maximum absolute atomic E-state index is 5.43. The molecule has 0 aliphatic carbocycles. The molecule has 2 aromatic heterocycles. The van der Waals surface area contributed by atoms with Crippen molar-refractivity contribution in [3.63, 3.8) is 0 Å². The molecule has 0 saturated carbocycles. The fraction of sp³-hybridized carbons (Fsp3) is 0.400. The van der Waals surface area contributed by atoms with E-state index < -0.39 is 0 Å². The summed E-state index contributed by atoms with van der Waals surface area (Å²) in [7, 11) is 0. The van der Waals surface area contributed by atoms with Gasteiger partial charge in [-0.2, -0.15) is 9.61 Å². The van der Waals surface area contributed by atoms with E-state index in [2.05, 4.69) is 29.4 Å². The predicted molar refractivity (Wildman–Crippen MR) is 59.6 cm³/mol. The van der Waals surface area contributed by atoms with E-state index in [1.807, 2.05) is 19.1 Å². The third-order valence-corrected chi connectivity index (χ3v) is 2.31. The number of anilines is 1. The van der Waals surface area contributed by atoms with Gasteiger partial charge in [-0.25, -0.2) is 10.8 Å².